The fourth-order valence-corrected chi connectivity index (χ4v) is 4.15. The molecule has 1 unspecified atom stereocenters. The Kier molecular flexibility index (Phi) is 5.71. The van der Waals surface area contributed by atoms with Crippen molar-refractivity contribution in [1.82, 2.24) is 20.0 Å². The van der Waals surface area contributed by atoms with Crippen LogP contribution in [0.3, 0.4) is 0 Å². The minimum absolute atomic E-state index is 0.275. The van der Waals surface area contributed by atoms with Crippen LogP contribution in [0.2, 0.25) is 0 Å². The Morgan fingerprint density at radius 2 is 1.73 bits per heavy atom. The van der Waals surface area contributed by atoms with Crippen LogP contribution in [-0.2, 0) is 4.79 Å². The molecule has 1 amide bonds. The molecule has 22 heavy (non-hydrogen) atoms. The Balaban J connectivity index is 1.42. The minimum atomic E-state index is 0.275. The first-order valence-electron chi connectivity index (χ1n) is 9.16. The molecule has 3 fully saturated rings. The van der Waals surface area contributed by atoms with Gasteiger partial charge in [-0.25, -0.2) is 0 Å². The molecule has 1 atom stereocenters. The van der Waals surface area contributed by atoms with Crippen LogP contribution in [-0.4, -0.2) is 86.1 Å². The largest absolute Gasteiger partial charge is 0.340 e. The standard InChI is InChI=1S/C17H32N4O/c1-19-9-3-2-4-16(19)14-20-10-12-21(13-11-20)17(22)15-5-7-18-8-6-15/h15-16,18H,2-14H2,1H3. The summed E-state index contributed by atoms with van der Waals surface area (Å²) in [6.45, 7) is 8.42. The molecule has 0 aromatic carbocycles. The quantitative estimate of drug-likeness (QED) is 0.829. The molecule has 5 heteroatoms. The maximum atomic E-state index is 12.6. The molecule has 0 aromatic heterocycles. The van der Waals surface area contributed by atoms with Crippen molar-refractivity contribution in [2.24, 2.45) is 5.92 Å². The number of carbonyl (C=O) groups is 1. The van der Waals surface area contributed by atoms with E-state index < -0.39 is 0 Å². The van der Waals surface area contributed by atoms with Crippen molar-refractivity contribution in [1.29, 1.82) is 0 Å². The lowest BCUT2D eigenvalue weighted by atomic mass is 9.96. The Bertz CT molecular complexity index is 362. The highest BCUT2D eigenvalue weighted by atomic mass is 16.2. The summed E-state index contributed by atoms with van der Waals surface area (Å²) in [6, 6.07) is 0.723. The first-order chi connectivity index (χ1) is 10.7. The maximum absolute atomic E-state index is 12.6. The van der Waals surface area contributed by atoms with Gasteiger partial charge in [0, 0.05) is 44.7 Å². The molecule has 5 nitrogen and oxygen atoms in total. The highest BCUT2D eigenvalue weighted by Crippen LogP contribution is 2.19. The van der Waals surface area contributed by atoms with Crippen LogP contribution < -0.4 is 5.32 Å². The number of piperazine rings is 1. The SMILES string of the molecule is CN1CCCCC1CN1CCN(C(=O)C2CCNCC2)CC1. The van der Waals surface area contributed by atoms with Gasteiger partial charge in [0.15, 0.2) is 0 Å². The predicted molar refractivity (Wildman–Crippen MR) is 88.9 cm³/mol. The first kappa shape index (κ1) is 16.2. The molecule has 3 saturated heterocycles. The van der Waals surface area contributed by atoms with Gasteiger partial charge in [0.05, 0.1) is 0 Å². The summed E-state index contributed by atoms with van der Waals surface area (Å²) >= 11 is 0. The number of likely N-dealkylation sites (tertiary alicyclic amines) is 1. The van der Waals surface area contributed by atoms with Gasteiger partial charge in [-0.3, -0.25) is 9.69 Å². The number of nitrogens with zero attached hydrogens (tertiary/aromatic N) is 3. The van der Waals surface area contributed by atoms with Crippen LogP contribution in [0.1, 0.15) is 32.1 Å². The van der Waals surface area contributed by atoms with E-state index in [1.54, 1.807) is 0 Å². The molecule has 0 aliphatic carbocycles. The van der Waals surface area contributed by atoms with Crippen LogP contribution >= 0.6 is 0 Å². The zero-order chi connectivity index (χ0) is 15.4. The number of hydrogen-bond acceptors (Lipinski definition) is 4. The van der Waals surface area contributed by atoms with Crippen molar-refractivity contribution >= 4 is 5.91 Å². The molecule has 0 saturated carbocycles. The van der Waals surface area contributed by atoms with Gasteiger partial charge in [-0.15, -0.1) is 0 Å². The van der Waals surface area contributed by atoms with Crippen LogP contribution in [0.5, 0.6) is 0 Å². The molecular formula is C17H32N4O. The summed E-state index contributed by atoms with van der Waals surface area (Å²) in [4.78, 5) is 19.8. The Hall–Kier alpha value is -0.650. The smallest absolute Gasteiger partial charge is 0.225 e. The third-order valence-corrected chi connectivity index (χ3v) is 5.76. The highest BCUT2D eigenvalue weighted by molar-refractivity contribution is 5.79. The van der Waals surface area contributed by atoms with Crippen molar-refractivity contribution in [3.63, 3.8) is 0 Å². The topological polar surface area (TPSA) is 38.8 Å². The molecule has 3 aliphatic heterocycles. The second kappa shape index (κ2) is 7.75. The maximum Gasteiger partial charge on any atom is 0.225 e. The molecule has 0 bridgehead atoms. The van der Waals surface area contributed by atoms with Gasteiger partial charge in [0.25, 0.3) is 0 Å². The van der Waals surface area contributed by atoms with E-state index in [0.717, 1.165) is 58.2 Å². The second-order valence-corrected chi connectivity index (χ2v) is 7.28. The Morgan fingerprint density at radius 3 is 2.41 bits per heavy atom. The van der Waals surface area contributed by atoms with Crippen molar-refractivity contribution < 1.29 is 4.79 Å². The van der Waals surface area contributed by atoms with Crippen LogP contribution in [0.4, 0.5) is 0 Å². The molecule has 126 valence electrons. The number of nitrogens with one attached hydrogen (secondary N) is 1. The van der Waals surface area contributed by atoms with Crippen molar-refractivity contribution in [2.75, 3.05) is 59.4 Å². The van der Waals surface area contributed by atoms with E-state index in [1.165, 1.54) is 32.4 Å². The average molecular weight is 308 g/mol. The number of likely N-dealkylation sites (N-methyl/N-ethyl adjacent to an activating group) is 1. The highest BCUT2D eigenvalue weighted by Gasteiger charge is 2.29. The fourth-order valence-electron chi connectivity index (χ4n) is 4.15. The molecule has 0 aromatic rings. The molecule has 1 N–H and O–H groups in total. The summed E-state index contributed by atoms with van der Waals surface area (Å²) in [7, 11) is 2.26. The van der Waals surface area contributed by atoms with E-state index >= 15 is 0 Å². The summed E-state index contributed by atoms with van der Waals surface area (Å²) in [5.74, 6) is 0.688. The number of piperidine rings is 2. The third kappa shape index (κ3) is 4.00. The van der Waals surface area contributed by atoms with Gasteiger partial charge in [-0.1, -0.05) is 6.42 Å². The van der Waals surface area contributed by atoms with E-state index in [4.69, 9.17) is 0 Å². The van der Waals surface area contributed by atoms with Gasteiger partial charge in [-0.05, 0) is 52.4 Å². The molecule has 0 radical (unpaired) electrons. The molecule has 3 rings (SSSR count). The minimum Gasteiger partial charge on any atom is -0.340 e. The third-order valence-electron chi connectivity index (χ3n) is 5.76. The fraction of sp³-hybridized carbons (Fsp3) is 0.941. The predicted octanol–water partition coefficient (Wildman–Crippen LogP) is 0.615. The monoisotopic (exact) mass is 308 g/mol. The van der Waals surface area contributed by atoms with Crippen molar-refractivity contribution in [2.45, 2.75) is 38.1 Å². The summed E-state index contributed by atoms with van der Waals surface area (Å²) < 4.78 is 0. The lowest BCUT2D eigenvalue weighted by molar-refractivity contribution is -0.138. The molecule has 3 aliphatic rings. The van der Waals surface area contributed by atoms with Gasteiger partial charge >= 0.3 is 0 Å². The normalized spacial score (nSPS) is 29.7. The number of amides is 1. The van der Waals surface area contributed by atoms with Gasteiger partial charge < -0.3 is 15.1 Å². The Labute approximate surface area is 135 Å². The van der Waals surface area contributed by atoms with E-state index in [2.05, 4.69) is 27.1 Å². The van der Waals surface area contributed by atoms with Crippen molar-refractivity contribution in [3.05, 3.63) is 0 Å². The average Bonchev–Trinajstić information content (AvgIpc) is 2.58. The summed E-state index contributed by atoms with van der Waals surface area (Å²) in [5.41, 5.74) is 0. The zero-order valence-corrected chi connectivity index (χ0v) is 14.1. The van der Waals surface area contributed by atoms with Gasteiger partial charge in [0.2, 0.25) is 5.91 Å². The molecule has 3 heterocycles. The first-order valence-corrected chi connectivity index (χ1v) is 9.16. The van der Waals surface area contributed by atoms with E-state index in [0.29, 0.717) is 5.91 Å². The lowest BCUT2D eigenvalue weighted by Crippen LogP contribution is -2.54. The Morgan fingerprint density at radius 1 is 1.00 bits per heavy atom. The molecule has 0 spiro atoms. The van der Waals surface area contributed by atoms with E-state index in [-0.39, 0.29) is 5.92 Å². The summed E-state index contributed by atoms with van der Waals surface area (Å²) in [6.07, 6.45) is 6.11. The van der Waals surface area contributed by atoms with E-state index in [1.807, 2.05) is 0 Å². The number of carbonyl (C=O) groups excluding carboxylic acids is 1. The van der Waals surface area contributed by atoms with Crippen LogP contribution in [0, 0.1) is 5.92 Å². The summed E-state index contributed by atoms with van der Waals surface area (Å²) in [5, 5.41) is 3.35. The lowest BCUT2D eigenvalue weighted by Gasteiger charge is -2.41. The second-order valence-electron chi connectivity index (χ2n) is 7.28. The number of rotatable bonds is 3. The van der Waals surface area contributed by atoms with Crippen molar-refractivity contribution in [3.8, 4) is 0 Å². The van der Waals surface area contributed by atoms with Crippen LogP contribution in [0.15, 0.2) is 0 Å². The molecular weight excluding hydrogens is 276 g/mol. The van der Waals surface area contributed by atoms with Gasteiger partial charge in [0.1, 0.15) is 0 Å². The van der Waals surface area contributed by atoms with E-state index in [9.17, 15) is 4.79 Å². The number of hydrogen-bond donors (Lipinski definition) is 1. The van der Waals surface area contributed by atoms with Gasteiger partial charge in [-0.2, -0.15) is 0 Å². The zero-order valence-electron chi connectivity index (χ0n) is 14.1. The van der Waals surface area contributed by atoms with Crippen LogP contribution in [0.25, 0.3) is 0 Å².